The standard InChI is InChI=1S/C18H14Cl3N3O/c1-12(13-3-2-4-14(19)7-13)18(25,9-24-11-22-10-23-24)16-6-5-15(20)8-17(16)21/h2-8,10-11,25H,1,9H2. The van der Waals surface area contributed by atoms with E-state index in [9.17, 15) is 5.11 Å². The topological polar surface area (TPSA) is 50.9 Å². The maximum Gasteiger partial charge on any atom is 0.137 e. The molecule has 0 aliphatic carbocycles. The predicted molar refractivity (Wildman–Crippen MR) is 101 cm³/mol. The minimum absolute atomic E-state index is 0.0830. The summed E-state index contributed by atoms with van der Waals surface area (Å²) in [6.07, 6.45) is 2.91. The van der Waals surface area contributed by atoms with Crippen LogP contribution in [0.1, 0.15) is 11.1 Å². The third-order valence-corrected chi connectivity index (χ3v) is 4.69. The summed E-state index contributed by atoms with van der Waals surface area (Å²) in [5, 5.41) is 17.0. The first-order valence-electron chi connectivity index (χ1n) is 7.36. The lowest BCUT2D eigenvalue weighted by molar-refractivity contribution is 0.0767. The summed E-state index contributed by atoms with van der Waals surface area (Å²) in [6.45, 7) is 4.18. The Labute approximate surface area is 160 Å². The molecule has 25 heavy (non-hydrogen) atoms. The molecular formula is C18H14Cl3N3O. The molecule has 0 bridgehead atoms. The smallest absolute Gasteiger partial charge is 0.137 e. The number of hydrogen-bond donors (Lipinski definition) is 1. The molecule has 0 aliphatic heterocycles. The second kappa shape index (κ2) is 7.18. The normalized spacial score (nSPS) is 13.4. The van der Waals surface area contributed by atoms with Crippen molar-refractivity contribution in [3.8, 4) is 0 Å². The zero-order valence-corrected chi connectivity index (χ0v) is 15.3. The highest BCUT2D eigenvalue weighted by Gasteiger charge is 2.36. The van der Waals surface area contributed by atoms with E-state index in [1.807, 2.05) is 6.07 Å². The second-order valence-electron chi connectivity index (χ2n) is 5.57. The monoisotopic (exact) mass is 393 g/mol. The Hall–Kier alpha value is -1.85. The van der Waals surface area contributed by atoms with Gasteiger partial charge in [0.2, 0.25) is 0 Å². The molecule has 0 amide bonds. The van der Waals surface area contributed by atoms with E-state index in [0.717, 1.165) is 0 Å². The fraction of sp³-hybridized carbons (Fsp3) is 0.111. The zero-order valence-electron chi connectivity index (χ0n) is 13.0. The van der Waals surface area contributed by atoms with Crippen LogP contribution in [-0.4, -0.2) is 19.9 Å². The van der Waals surface area contributed by atoms with Gasteiger partial charge in [-0.1, -0.05) is 59.6 Å². The van der Waals surface area contributed by atoms with Crippen molar-refractivity contribution in [3.05, 3.63) is 87.9 Å². The van der Waals surface area contributed by atoms with Crippen LogP contribution in [0.25, 0.3) is 5.57 Å². The van der Waals surface area contributed by atoms with Crippen molar-refractivity contribution in [1.82, 2.24) is 14.8 Å². The fourth-order valence-electron chi connectivity index (χ4n) is 2.63. The number of halogens is 3. The maximum atomic E-state index is 11.6. The van der Waals surface area contributed by atoms with Gasteiger partial charge in [-0.15, -0.1) is 0 Å². The van der Waals surface area contributed by atoms with Gasteiger partial charge in [0.1, 0.15) is 18.3 Å². The molecule has 7 heteroatoms. The highest BCUT2D eigenvalue weighted by atomic mass is 35.5. The Bertz CT molecular complexity index is 912. The number of aromatic nitrogens is 3. The van der Waals surface area contributed by atoms with Gasteiger partial charge in [0.25, 0.3) is 0 Å². The van der Waals surface area contributed by atoms with E-state index in [1.54, 1.807) is 36.4 Å². The van der Waals surface area contributed by atoms with E-state index >= 15 is 0 Å². The Kier molecular flexibility index (Phi) is 5.16. The summed E-state index contributed by atoms with van der Waals surface area (Å²) in [5.74, 6) is 0. The van der Waals surface area contributed by atoms with Gasteiger partial charge in [0, 0.05) is 20.6 Å². The lowest BCUT2D eigenvalue weighted by Gasteiger charge is -2.32. The first-order valence-corrected chi connectivity index (χ1v) is 8.49. The molecule has 1 aromatic heterocycles. The van der Waals surface area contributed by atoms with E-state index in [0.29, 0.717) is 31.8 Å². The molecule has 2 aromatic carbocycles. The molecule has 0 radical (unpaired) electrons. The quantitative estimate of drug-likeness (QED) is 0.673. The second-order valence-corrected chi connectivity index (χ2v) is 6.85. The average Bonchev–Trinajstić information content (AvgIpc) is 3.06. The van der Waals surface area contributed by atoms with Crippen molar-refractivity contribution in [2.75, 3.05) is 0 Å². The van der Waals surface area contributed by atoms with Crippen LogP contribution in [0.2, 0.25) is 15.1 Å². The largest absolute Gasteiger partial charge is 0.378 e. The van der Waals surface area contributed by atoms with Crippen molar-refractivity contribution >= 4 is 40.4 Å². The molecule has 3 rings (SSSR count). The van der Waals surface area contributed by atoms with Gasteiger partial charge in [-0.25, -0.2) is 9.67 Å². The lowest BCUT2D eigenvalue weighted by Crippen LogP contribution is -2.33. The minimum Gasteiger partial charge on any atom is -0.378 e. The number of hydrogen-bond acceptors (Lipinski definition) is 3. The molecule has 0 saturated heterocycles. The van der Waals surface area contributed by atoms with Crippen LogP contribution < -0.4 is 0 Å². The van der Waals surface area contributed by atoms with Gasteiger partial charge in [0.05, 0.1) is 6.54 Å². The summed E-state index contributed by atoms with van der Waals surface area (Å²) in [4.78, 5) is 3.92. The highest BCUT2D eigenvalue weighted by molar-refractivity contribution is 6.35. The Balaban J connectivity index is 2.12. The molecule has 1 atom stereocenters. The highest BCUT2D eigenvalue weighted by Crippen LogP contribution is 2.41. The van der Waals surface area contributed by atoms with Crippen LogP contribution >= 0.6 is 34.8 Å². The van der Waals surface area contributed by atoms with Crippen molar-refractivity contribution in [2.24, 2.45) is 0 Å². The van der Waals surface area contributed by atoms with Gasteiger partial charge in [-0.3, -0.25) is 0 Å². The molecule has 1 heterocycles. The lowest BCUT2D eigenvalue weighted by atomic mass is 9.83. The minimum atomic E-state index is -1.53. The summed E-state index contributed by atoms with van der Waals surface area (Å²) in [5.41, 5.74) is 0.0787. The van der Waals surface area contributed by atoms with E-state index < -0.39 is 5.60 Å². The number of rotatable bonds is 5. The van der Waals surface area contributed by atoms with Crippen molar-refractivity contribution < 1.29 is 5.11 Å². The number of nitrogens with zero attached hydrogens (tertiary/aromatic N) is 3. The van der Waals surface area contributed by atoms with Crippen LogP contribution in [0.15, 0.2) is 61.7 Å². The van der Waals surface area contributed by atoms with Gasteiger partial charge in [-0.05, 0) is 35.4 Å². The summed E-state index contributed by atoms with van der Waals surface area (Å²) in [7, 11) is 0. The van der Waals surface area contributed by atoms with Gasteiger partial charge in [-0.2, -0.15) is 5.10 Å². The van der Waals surface area contributed by atoms with Crippen molar-refractivity contribution in [3.63, 3.8) is 0 Å². The number of aliphatic hydroxyl groups is 1. The molecule has 3 aromatic rings. The van der Waals surface area contributed by atoms with E-state index in [4.69, 9.17) is 34.8 Å². The molecular weight excluding hydrogens is 381 g/mol. The predicted octanol–water partition coefficient (Wildman–Crippen LogP) is 4.84. The third kappa shape index (κ3) is 3.72. The van der Waals surface area contributed by atoms with E-state index in [2.05, 4.69) is 16.7 Å². The van der Waals surface area contributed by atoms with Crippen LogP contribution in [0.4, 0.5) is 0 Å². The first-order chi connectivity index (χ1) is 11.9. The SMILES string of the molecule is C=C(c1cccc(Cl)c1)C(O)(Cn1cncn1)c1ccc(Cl)cc1Cl. The first kappa shape index (κ1) is 18.0. The van der Waals surface area contributed by atoms with Gasteiger partial charge in [0.15, 0.2) is 0 Å². The van der Waals surface area contributed by atoms with Crippen molar-refractivity contribution in [2.45, 2.75) is 12.1 Å². The van der Waals surface area contributed by atoms with E-state index in [-0.39, 0.29) is 6.54 Å². The molecule has 1 unspecified atom stereocenters. The molecule has 1 N–H and O–H groups in total. The average molecular weight is 395 g/mol. The Morgan fingerprint density at radius 2 is 1.88 bits per heavy atom. The molecule has 0 saturated carbocycles. The summed E-state index contributed by atoms with van der Waals surface area (Å²) < 4.78 is 1.51. The van der Waals surface area contributed by atoms with Gasteiger partial charge >= 0.3 is 0 Å². The summed E-state index contributed by atoms with van der Waals surface area (Å²) >= 11 is 18.4. The maximum absolute atomic E-state index is 11.6. The van der Waals surface area contributed by atoms with Crippen LogP contribution in [0.5, 0.6) is 0 Å². The third-order valence-electron chi connectivity index (χ3n) is 3.91. The van der Waals surface area contributed by atoms with Crippen LogP contribution in [0.3, 0.4) is 0 Å². The Morgan fingerprint density at radius 1 is 1.12 bits per heavy atom. The Morgan fingerprint density at radius 3 is 2.52 bits per heavy atom. The molecule has 4 nitrogen and oxygen atoms in total. The fourth-order valence-corrected chi connectivity index (χ4v) is 3.39. The van der Waals surface area contributed by atoms with E-state index in [1.165, 1.54) is 17.3 Å². The number of benzene rings is 2. The molecule has 0 aliphatic rings. The van der Waals surface area contributed by atoms with Crippen LogP contribution in [0, 0.1) is 0 Å². The summed E-state index contributed by atoms with van der Waals surface area (Å²) in [6, 6.07) is 12.0. The van der Waals surface area contributed by atoms with Crippen LogP contribution in [-0.2, 0) is 12.1 Å². The molecule has 0 fully saturated rings. The molecule has 128 valence electrons. The zero-order chi connectivity index (χ0) is 18.0. The van der Waals surface area contributed by atoms with Gasteiger partial charge < -0.3 is 5.11 Å². The molecule has 0 spiro atoms. The van der Waals surface area contributed by atoms with Crippen molar-refractivity contribution in [1.29, 1.82) is 0 Å².